The molecule has 0 aromatic heterocycles. The fourth-order valence-electron chi connectivity index (χ4n) is 1.61. The van der Waals surface area contributed by atoms with Gasteiger partial charge in [-0.2, -0.15) is 0 Å². The van der Waals surface area contributed by atoms with Crippen molar-refractivity contribution in [3.63, 3.8) is 0 Å². The fourth-order valence-corrected chi connectivity index (χ4v) is 1.91. The molecule has 0 unspecified atom stereocenters. The van der Waals surface area contributed by atoms with Crippen molar-refractivity contribution in [1.82, 2.24) is 0 Å². The molecule has 0 aliphatic heterocycles. The SMILES string of the molecule is CCOc1ccc(N=Cc2ccc(Cl)c(Cl)c2)c(O)c1. The summed E-state index contributed by atoms with van der Waals surface area (Å²) in [6.07, 6.45) is 1.61. The van der Waals surface area contributed by atoms with Crippen molar-refractivity contribution in [3.05, 3.63) is 52.0 Å². The molecular weight excluding hydrogens is 297 g/mol. The van der Waals surface area contributed by atoms with Crippen LogP contribution in [-0.4, -0.2) is 17.9 Å². The molecule has 2 aromatic carbocycles. The third-order valence-electron chi connectivity index (χ3n) is 2.55. The molecule has 0 saturated carbocycles. The molecule has 0 spiro atoms. The number of phenolic OH excluding ortho intramolecular Hbond substituents is 1. The molecule has 0 aliphatic carbocycles. The second kappa shape index (κ2) is 6.64. The Morgan fingerprint density at radius 3 is 2.60 bits per heavy atom. The van der Waals surface area contributed by atoms with Crippen molar-refractivity contribution in [1.29, 1.82) is 0 Å². The zero-order chi connectivity index (χ0) is 14.5. The van der Waals surface area contributed by atoms with Crippen LogP contribution in [-0.2, 0) is 0 Å². The van der Waals surface area contributed by atoms with Gasteiger partial charge in [0.25, 0.3) is 0 Å². The maximum absolute atomic E-state index is 9.85. The van der Waals surface area contributed by atoms with E-state index in [0.29, 0.717) is 28.1 Å². The van der Waals surface area contributed by atoms with Gasteiger partial charge in [-0.3, -0.25) is 4.99 Å². The zero-order valence-electron chi connectivity index (χ0n) is 10.8. The predicted octanol–water partition coefficient (Wildman–Crippen LogP) is 4.85. The highest BCUT2D eigenvalue weighted by atomic mass is 35.5. The summed E-state index contributed by atoms with van der Waals surface area (Å²) >= 11 is 11.8. The lowest BCUT2D eigenvalue weighted by Crippen LogP contribution is -1.90. The van der Waals surface area contributed by atoms with Crippen LogP contribution in [0.1, 0.15) is 12.5 Å². The highest BCUT2D eigenvalue weighted by Crippen LogP contribution is 2.30. The number of halogens is 2. The summed E-state index contributed by atoms with van der Waals surface area (Å²) in [5.74, 6) is 0.672. The van der Waals surface area contributed by atoms with E-state index in [0.717, 1.165) is 5.56 Å². The molecule has 5 heteroatoms. The molecular formula is C15H13Cl2NO2. The second-order valence-corrected chi connectivity index (χ2v) is 4.83. The topological polar surface area (TPSA) is 41.8 Å². The highest BCUT2D eigenvalue weighted by molar-refractivity contribution is 6.42. The summed E-state index contributed by atoms with van der Waals surface area (Å²) < 4.78 is 5.29. The third-order valence-corrected chi connectivity index (χ3v) is 3.29. The van der Waals surface area contributed by atoms with Crippen molar-refractivity contribution < 1.29 is 9.84 Å². The number of phenols is 1. The number of aromatic hydroxyl groups is 1. The van der Waals surface area contributed by atoms with Gasteiger partial charge in [-0.1, -0.05) is 29.3 Å². The van der Waals surface area contributed by atoms with Gasteiger partial charge in [0.05, 0.1) is 16.7 Å². The van der Waals surface area contributed by atoms with Gasteiger partial charge in [-0.25, -0.2) is 0 Å². The largest absolute Gasteiger partial charge is 0.506 e. The summed E-state index contributed by atoms with van der Waals surface area (Å²) in [6.45, 7) is 2.43. The van der Waals surface area contributed by atoms with Gasteiger partial charge in [0.2, 0.25) is 0 Å². The first kappa shape index (κ1) is 14.7. The number of aliphatic imine (C=N–C) groups is 1. The number of hydrogen-bond acceptors (Lipinski definition) is 3. The smallest absolute Gasteiger partial charge is 0.144 e. The van der Waals surface area contributed by atoms with Crippen molar-refractivity contribution in [2.45, 2.75) is 6.92 Å². The fraction of sp³-hybridized carbons (Fsp3) is 0.133. The van der Waals surface area contributed by atoms with E-state index in [1.54, 1.807) is 36.5 Å². The van der Waals surface area contributed by atoms with Gasteiger partial charge in [-0.15, -0.1) is 0 Å². The first-order valence-electron chi connectivity index (χ1n) is 6.05. The molecule has 0 saturated heterocycles. The van der Waals surface area contributed by atoms with Crippen LogP contribution in [0.3, 0.4) is 0 Å². The molecule has 104 valence electrons. The quantitative estimate of drug-likeness (QED) is 0.820. The molecule has 3 nitrogen and oxygen atoms in total. The van der Waals surface area contributed by atoms with Gasteiger partial charge in [0, 0.05) is 12.3 Å². The van der Waals surface area contributed by atoms with E-state index in [1.807, 2.05) is 6.92 Å². The number of ether oxygens (including phenoxy) is 1. The van der Waals surface area contributed by atoms with E-state index in [2.05, 4.69) is 4.99 Å². The Hall–Kier alpha value is -1.71. The van der Waals surface area contributed by atoms with Gasteiger partial charge >= 0.3 is 0 Å². The van der Waals surface area contributed by atoms with E-state index in [-0.39, 0.29) is 5.75 Å². The second-order valence-electron chi connectivity index (χ2n) is 4.02. The Morgan fingerprint density at radius 1 is 1.15 bits per heavy atom. The monoisotopic (exact) mass is 309 g/mol. The van der Waals surface area contributed by atoms with E-state index in [1.165, 1.54) is 6.07 Å². The van der Waals surface area contributed by atoms with Crippen LogP contribution in [0.4, 0.5) is 5.69 Å². The lowest BCUT2D eigenvalue weighted by Gasteiger charge is -2.04. The van der Waals surface area contributed by atoms with Crippen LogP contribution < -0.4 is 4.74 Å². The lowest BCUT2D eigenvalue weighted by molar-refractivity contribution is 0.338. The molecule has 2 aromatic rings. The summed E-state index contributed by atoms with van der Waals surface area (Å²) in [6, 6.07) is 10.2. The molecule has 0 radical (unpaired) electrons. The minimum Gasteiger partial charge on any atom is -0.506 e. The highest BCUT2D eigenvalue weighted by Gasteiger charge is 2.02. The molecule has 0 aliphatic rings. The molecule has 0 atom stereocenters. The first-order valence-corrected chi connectivity index (χ1v) is 6.80. The van der Waals surface area contributed by atoms with Crippen LogP contribution in [0.5, 0.6) is 11.5 Å². The maximum atomic E-state index is 9.85. The summed E-state index contributed by atoms with van der Waals surface area (Å²) in [5, 5.41) is 10.8. The Morgan fingerprint density at radius 2 is 1.95 bits per heavy atom. The van der Waals surface area contributed by atoms with E-state index < -0.39 is 0 Å². The van der Waals surface area contributed by atoms with Gasteiger partial charge in [0.1, 0.15) is 17.2 Å². The molecule has 0 fully saturated rings. The molecule has 2 rings (SSSR count). The summed E-state index contributed by atoms with van der Waals surface area (Å²) in [4.78, 5) is 4.22. The Kier molecular flexibility index (Phi) is 4.88. The summed E-state index contributed by atoms with van der Waals surface area (Å²) in [7, 11) is 0. The molecule has 1 N–H and O–H groups in total. The third kappa shape index (κ3) is 3.65. The minimum absolute atomic E-state index is 0.0623. The maximum Gasteiger partial charge on any atom is 0.144 e. The summed E-state index contributed by atoms with van der Waals surface area (Å²) in [5.41, 5.74) is 1.26. The number of nitrogens with zero attached hydrogens (tertiary/aromatic N) is 1. The Bertz CT molecular complexity index is 642. The van der Waals surface area contributed by atoms with Crippen LogP contribution in [0.15, 0.2) is 41.4 Å². The Labute approximate surface area is 127 Å². The Balaban J connectivity index is 2.20. The van der Waals surface area contributed by atoms with Gasteiger partial charge < -0.3 is 9.84 Å². The lowest BCUT2D eigenvalue weighted by atomic mass is 10.2. The van der Waals surface area contributed by atoms with Crippen LogP contribution in [0.2, 0.25) is 10.0 Å². The normalized spacial score (nSPS) is 10.9. The number of benzene rings is 2. The van der Waals surface area contributed by atoms with Gasteiger partial charge in [-0.05, 0) is 36.8 Å². The molecule has 0 amide bonds. The number of rotatable bonds is 4. The average Bonchev–Trinajstić information content (AvgIpc) is 2.42. The predicted molar refractivity (Wildman–Crippen MR) is 83.0 cm³/mol. The van der Waals surface area contributed by atoms with Crippen LogP contribution in [0, 0.1) is 0 Å². The van der Waals surface area contributed by atoms with Gasteiger partial charge in [0.15, 0.2) is 0 Å². The average molecular weight is 310 g/mol. The van der Waals surface area contributed by atoms with E-state index >= 15 is 0 Å². The zero-order valence-corrected chi connectivity index (χ0v) is 12.3. The van der Waals surface area contributed by atoms with Crippen molar-refractivity contribution in [3.8, 4) is 11.5 Å². The number of hydrogen-bond donors (Lipinski definition) is 1. The van der Waals surface area contributed by atoms with Crippen molar-refractivity contribution in [2.75, 3.05) is 6.61 Å². The van der Waals surface area contributed by atoms with Crippen LogP contribution >= 0.6 is 23.2 Å². The molecule has 20 heavy (non-hydrogen) atoms. The van der Waals surface area contributed by atoms with E-state index in [9.17, 15) is 5.11 Å². The van der Waals surface area contributed by atoms with E-state index in [4.69, 9.17) is 27.9 Å². The van der Waals surface area contributed by atoms with Crippen LogP contribution in [0.25, 0.3) is 0 Å². The van der Waals surface area contributed by atoms with Crippen molar-refractivity contribution in [2.24, 2.45) is 4.99 Å². The standard InChI is InChI=1S/C15H13Cl2NO2/c1-2-20-11-4-6-14(15(19)8-11)18-9-10-3-5-12(16)13(17)7-10/h3-9,19H,2H2,1H3. The van der Waals surface area contributed by atoms with Crippen molar-refractivity contribution >= 4 is 35.1 Å². The molecule has 0 heterocycles. The molecule has 0 bridgehead atoms. The minimum atomic E-state index is 0.0623. The first-order chi connectivity index (χ1) is 9.60.